The summed E-state index contributed by atoms with van der Waals surface area (Å²) in [6.45, 7) is 2.85. The molecule has 2 aliphatic rings. The zero-order valence-corrected chi connectivity index (χ0v) is 16.3. The van der Waals surface area contributed by atoms with Crippen LogP contribution in [0.2, 0.25) is 0 Å². The van der Waals surface area contributed by atoms with Crippen molar-refractivity contribution < 1.29 is 36.9 Å². The van der Waals surface area contributed by atoms with E-state index in [9.17, 15) is 22.7 Å². The maximum absolute atomic E-state index is 13.8. The molecule has 0 bridgehead atoms. The van der Waals surface area contributed by atoms with E-state index in [1.165, 1.54) is 0 Å². The predicted molar refractivity (Wildman–Crippen MR) is 89.6 cm³/mol. The molecule has 1 N–H and O–H groups in total. The minimum absolute atomic E-state index is 0.375. The summed E-state index contributed by atoms with van der Waals surface area (Å²) in [5, 5.41) is 4.91. The van der Waals surface area contributed by atoms with E-state index in [0.29, 0.717) is 0 Å². The van der Waals surface area contributed by atoms with Crippen LogP contribution in [-0.2, 0) is 25.0 Å². The molecule has 29 heavy (non-hydrogen) atoms. The largest absolute Gasteiger partial charge is 0.394 e. The first-order valence-corrected chi connectivity index (χ1v) is 9.09. The van der Waals surface area contributed by atoms with Crippen molar-refractivity contribution in [2.24, 2.45) is 0 Å². The fraction of sp³-hybridized carbons (Fsp3) is 0.667. The molecular weight excluding hydrogens is 447 g/mol. The molecule has 4 rings (SSSR count). The van der Waals surface area contributed by atoms with E-state index in [2.05, 4.69) is 15.1 Å². The van der Waals surface area contributed by atoms with Crippen molar-refractivity contribution in [2.75, 3.05) is 6.61 Å². The normalized spacial score (nSPS) is 29.6. The van der Waals surface area contributed by atoms with Gasteiger partial charge in [0.05, 0.1) is 18.2 Å². The molecular formula is C15H14Cl2F4N4O4. The Kier molecular flexibility index (Phi) is 4.76. The SMILES string of the molecule is CC1(C)O[C@@H]2[C@H](O1)[C@@H](CO)O[C@H]2n1ncc2c(C(F)(F)Cl)nc(C(F)(F)Cl)nc21. The first-order valence-electron chi connectivity index (χ1n) is 8.33. The molecule has 4 atom stereocenters. The number of ether oxygens (including phenoxy) is 3. The van der Waals surface area contributed by atoms with E-state index in [0.717, 1.165) is 10.9 Å². The first kappa shape index (κ1) is 20.9. The van der Waals surface area contributed by atoms with Gasteiger partial charge >= 0.3 is 10.8 Å². The predicted octanol–water partition coefficient (Wildman–Crippen LogP) is 2.81. The Morgan fingerprint density at radius 3 is 2.38 bits per heavy atom. The number of aromatic nitrogens is 4. The maximum Gasteiger partial charge on any atom is 0.381 e. The third-order valence-electron chi connectivity index (χ3n) is 4.52. The smallest absolute Gasteiger partial charge is 0.381 e. The van der Waals surface area contributed by atoms with Gasteiger partial charge in [0.2, 0.25) is 5.82 Å². The highest BCUT2D eigenvalue weighted by Gasteiger charge is 2.56. The molecule has 8 nitrogen and oxygen atoms in total. The number of alkyl halides is 6. The summed E-state index contributed by atoms with van der Waals surface area (Å²) in [4.78, 5) is 6.74. The van der Waals surface area contributed by atoms with E-state index in [-0.39, 0.29) is 5.39 Å². The molecule has 160 valence electrons. The van der Waals surface area contributed by atoms with E-state index < -0.39 is 64.9 Å². The quantitative estimate of drug-likeness (QED) is 0.553. The monoisotopic (exact) mass is 460 g/mol. The number of nitrogens with zero attached hydrogens (tertiary/aromatic N) is 4. The highest BCUT2D eigenvalue weighted by Crippen LogP contribution is 2.44. The molecule has 2 aromatic rings. The van der Waals surface area contributed by atoms with Gasteiger partial charge in [-0.05, 0) is 37.0 Å². The lowest BCUT2D eigenvalue weighted by Crippen LogP contribution is -2.31. The summed E-state index contributed by atoms with van der Waals surface area (Å²) in [5.41, 5.74) is -1.59. The lowest BCUT2D eigenvalue weighted by molar-refractivity contribution is -0.201. The fourth-order valence-electron chi connectivity index (χ4n) is 3.46. The van der Waals surface area contributed by atoms with Crippen LogP contribution in [0.1, 0.15) is 31.6 Å². The van der Waals surface area contributed by atoms with Crippen molar-refractivity contribution in [3.8, 4) is 0 Å². The Hall–Kier alpha value is -1.31. The molecule has 0 aromatic carbocycles. The van der Waals surface area contributed by atoms with Crippen molar-refractivity contribution in [3.05, 3.63) is 17.7 Å². The third kappa shape index (κ3) is 3.55. The van der Waals surface area contributed by atoms with Gasteiger partial charge in [-0.1, -0.05) is 0 Å². The fourth-order valence-corrected chi connectivity index (χ4v) is 3.69. The van der Waals surface area contributed by atoms with Crippen LogP contribution < -0.4 is 0 Å². The second-order valence-electron chi connectivity index (χ2n) is 7.03. The summed E-state index contributed by atoms with van der Waals surface area (Å²) >= 11 is 9.99. The van der Waals surface area contributed by atoms with E-state index >= 15 is 0 Å². The highest BCUT2D eigenvalue weighted by molar-refractivity contribution is 6.22. The van der Waals surface area contributed by atoms with Crippen LogP contribution in [0, 0.1) is 0 Å². The van der Waals surface area contributed by atoms with Gasteiger partial charge in [-0.15, -0.1) is 0 Å². The molecule has 4 heterocycles. The second kappa shape index (κ2) is 6.59. The molecule has 0 saturated carbocycles. The third-order valence-corrected chi connectivity index (χ3v) is 4.87. The maximum atomic E-state index is 13.8. The zero-order chi connectivity index (χ0) is 21.4. The number of rotatable bonds is 4. The number of halogens is 6. The summed E-state index contributed by atoms with van der Waals surface area (Å²) in [6.07, 6.45) is -2.51. The molecule has 2 aliphatic heterocycles. The summed E-state index contributed by atoms with van der Waals surface area (Å²) in [6, 6.07) is 0. The minimum Gasteiger partial charge on any atom is -0.394 e. The van der Waals surface area contributed by atoms with Gasteiger partial charge in [-0.2, -0.15) is 22.7 Å². The Balaban J connectivity index is 1.87. The molecule has 0 radical (unpaired) electrons. The standard InChI is InChI=1S/C15H14Cl2F4N4O4/c1-13(2)28-7-6(4-26)27-11(8(7)29-13)25-10-5(3-22-25)9(14(16,18)19)23-12(24-10)15(17,20)21/h3,6-8,11,26H,4H2,1-2H3/t6-,7-,8-,11-/m1/s1. The summed E-state index contributed by atoms with van der Waals surface area (Å²) in [7, 11) is 0. The van der Waals surface area contributed by atoms with Gasteiger partial charge in [0.15, 0.2) is 17.7 Å². The highest BCUT2D eigenvalue weighted by atomic mass is 35.5. The molecule has 0 spiro atoms. The number of fused-ring (bicyclic) bond motifs is 2. The van der Waals surface area contributed by atoms with Crippen LogP contribution in [0.25, 0.3) is 11.0 Å². The van der Waals surface area contributed by atoms with Crippen LogP contribution in [0.3, 0.4) is 0 Å². The van der Waals surface area contributed by atoms with Gasteiger partial charge in [-0.25, -0.2) is 14.6 Å². The van der Waals surface area contributed by atoms with Gasteiger partial charge in [0.1, 0.15) is 24.0 Å². The Morgan fingerprint density at radius 1 is 1.14 bits per heavy atom. The molecule has 2 saturated heterocycles. The van der Waals surface area contributed by atoms with E-state index in [1.54, 1.807) is 13.8 Å². The topological polar surface area (TPSA) is 91.5 Å². The zero-order valence-electron chi connectivity index (χ0n) is 14.8. The molecule has 0 aliphatic carbocycles. The summed E-state index contributed by atoms with van der Waals surface area (Å²) < 4.78 is 73.0. The van der Waals surface area contributed by atoms with Gasteiger partial charge < -0.3 is 19.3 Å². The van der Waals surface area contributed by atoms with Crippen LogP contribution in [0.5, 0.6) is 0 Å². The molecule has 0 unspecified atom stereocenters. The van der Waals surface area contributed by atoms with Gasteiger partial charge in [0.25, 0.3) is 0 Å². The lowest BCUT2D eigenvalue weighted by Gasteiger charge is -2.24. The first-order chi connectivity index (χ1) is 13.3. The van der Waals surface area contributed by atoms with Crippen LogP contribution in [0.4, 0.5) is 17.6 Å². The second-order valence-corrected chi connectivity index (χ2v) is 7.98. The number of hydrogen-bond donors (Lipinski definition) is 1. The van der Waals surface area contributed by atoms with Crippen LogP contribution >= 0.6 is 23.2 Å². The average molecular weight is 461 g/mol. The van der Waals surface area contributed by atoms with Gasteiger partial charge in [0, 0.05) is 0 Å². The Morgan fingerprint density at radius 2 is 1.79 bits per heavy atom. The molecule has 2 aromatic heterocycles. The minimum atomic E-state index is -4.14. The number of hydrogen-bond acceptors (Lipinski definition) is 7. The van der Waals surface area contributed by atoms with E-state index in [4.69, 9.17) is 37.4 Å². The van der Waals surface area contributed by atoms with Crippen LogP contribution in [-0.4, -0.2) is 55.6 Å². The van der Waals surface area contributed by atoms with Crippen molar-refractivity contribution >= 4 is 34.2 Å². The Labute approximate surface area is 170 Å². The number of aliphatic hydroxyl groups excluding tert-OH is 1. The van der Waals surface area contributed by atoms with Crippen molar-refractivity contribution in [1.82, 2.24) is 19.7 Å². The lowest BCUT2D eigenvalue weighted by atomic mass is 10.1. The van der Waals surface area contributed by atoms with Crippen molar-refractivity contribution in [2.45, 2.75) is 54.9 Å². The van der Waals surface area contributed by atoms with Gasteiger partial charge in [-0.3, -0.25) is 0 Å². The van der Waals surface area contributed by atoms with Crippen LogP contribution in [0.15, 0.2) is 6.20 Å². The average Bonchev–Trinajstić information content (AvgIpc) is 3.22. The van der Waals surface area contributed by atoms with Crippen molar-refractivity contribution in [3.63, 3.8) is 0 Å². The van der Waals surface area contributed by atoms with Crippen molar-refractivity contribution in [1.29, 1.82) is 0 Å². The Bertz CT molecular complexity index is 949. The molecule has 14 heteroatoms. The summed E-state index contributed by atoms with van der Waals surface area (Å²) in [5.74, 6) is -2.40. The molecule has 0 amide bonds. The molecule has 2 fully saturated rings. The van der Waals surface area contributed by atoms with E-state index in [1.807, 2.05) is 0 Å². The number of aliphatic hydroxyl groups is 1.